The summed E-state index contributed by atoms with van der Waals surface area (Å²) in [7, 11) is 1.71. The molecule has 0 unspecified atom stereocenters. The van der Waals surface area contributed by atoms with Gasteiger partial charge in [0.25, 0.3) is 5.91 Å². The molecule has 2 aromatic rings. The van der Waals surface area contributed by atoms with E-state index in [0.717, 1.165) is 12.1 Å². The van der Waals surface area contributed by atoms with Gasteiger partial charge in [-0.2, -0.15) is 5.10 Å². The number of aromatic nitrogens is 2. The molecule has 1 aromatic heterocycles. The number of anilines is 1. The van der Waals surface area contributed by atoms with Gasteiger partial charge in [-0.05, 0) is 20.8 Å². The highest BCUT2D eigenvalue weighted by atomic mass is 19.1. The first kappa shape index (κ1) is 19.9. The van der Waals surface area contributed by atoms with E-state index in [1.165, 1.54) is 4.68 Å². The van der Waals surface area contributed by atoms with Gasteiger partial charge in [0.2, 0.25) is 0 Å². The van der Waals surface area contributed by atoms with Crippen molar-refractivity contribution >= 4 is 11.6 Å². The fraction of sp³-hybridized carbons (Fsp3) is 0.474. The maximum atomic E-state index is 14.2. The number of aryl methyl sites for hydroxylation is 1. The number of rotatable bonds is 3. The SMILES string of the molecule is Cn1cc(C(=O)Nc2cc(F)c(OC(C)(C)C)c(F)c2)c(C(C)(C)C)n1. The molecule has 0 aliphatic rings. The molecule has 0 atom stereocenters. The lowest BCUT2D eigenvalue weighted by Crippen LogP contribution is -2.24. The number of carbonyl (C=O) groups is 1. The number of nitrogens with one attached hydrogen (secondary N) is 1. The van der Waals surface area contributed by atoms with E-state index in [1.54, 1.807) is 34.0 Å². The molecule has 0 spiro atoms. The van der Waals surface area contributed by atoms with Gasteiger partial charge in [-0.3, -0.25) is 9.48 Å². The number of hydrogen-bond acceptors (Lipinski definition) is 3. The van der Waals surface area contributed by atoms with Crippen LogP contribution in [0.2, 0.25) is 0 Å². The first-order chi connectivity index (χ1) is 11.8. The minimum Gasteiger partial charge on any atom is -0.482 e. The van der Waals surface area contributed by atoms with E-state index in [1.807, 2.05) is 20.8 Å². The average Bonchev–Trinajstić information content (AvgIpc) is 2.84. The molecule has 26 heavy (non-hydrogen) atoms. The second-order valence-electron chi connectivity index (χ2n) is 8.25. The van der Waals surface area contributed by atoms with E-state index in [9.17, 15) is 13.6 Å². The van der Waals surface area contributed by atoms with Gasteiger partial charge in [0.1, 0.15) is 5.60 Å². The number of carbonyl (C=O) groups excluding carboxylic acids is 1. The van der Waals surface area contributed by atoms with Gasteiger partial charge in [0.05, 0.1) is 11.3 Å². The molecule has 0 saturated carbocycles. The Morgan fingerprint density at radius 3 is 2.12 bits per heavy atom. The molecule has 1 amide bonds. The van der Waals surface area contributed by atoms with Gasteiger partial charge in [0.15, 0.2) is 17.4 Å². The lowest BCUT2D eigenvalue weighted by Gasteiger charge is -2.22. The smallest absolute Gasteiger partial charge is 0.259 e. The normalized spacial score (nSPS) is 12.2. The Hall–Kier alpha value is -2.44. The van der Waals surface area contributed by atoms with Crippen molar-refractivity contribution in [1.29, 1.82) is 0 Å². The Labute approximate surface area is 152 Å². The topological polar surface area (TPSA) is 56.2 Å². The lowest BCUT2D eigenvalue weighted by molar-refractivity contribution is 0.102. The Balaban J connectivity index is 2.31. The van der Waals surface area contributed by atoms with E-state index in [2.05, 4.69) is 10.4 Å². The summed E-state index contributed by atoms with van der Waals surface area (Å²) in [6.45, 7) is 10.9. The Morgan fingerprint density at radius 1 is 1.12 bits per heavy atom. The zero-order chi connectivity index (χ0) is 19.9. The van der Waals surface area contributed by atoms with Gasteiger partial charge in [0, 0.05) is 36.5 Å². The largest absolute Gasteiger partial charge is 0.482 e. The third-order valence-corrected chi connectivity index (χ3v) is 3.45. The molecular weight excluding hydrogens is 340 g/mol. The summed E-state index contributed by atoms with van der Waals surface area (Å²) < 4.78 is 35.3. The van der Waals surface area contributed by atoms with Crippen LogP contribution in [0.3, 0.4) is 0 Å². The number of amides is 1. The minimum atomic E-state index is -0.877. The van der Waals surface area contributed by atoms with Crippen LogP contribution in [0.1, 0.15) is 57.6 Å². The third kappa shape index (κ3) is 4.59. The molecule has 0 aliphatic carbocycles. The Bertz CT molecular complexity index is 807. The highest BCUT2D eigenvalue weighted by Gasteiger charge is 2.26. The maximum absolute atomic E-state index is 14.2. The van der Waals surface area contributed by atoms with E-state index >= 15 is 0 Å². The van der Waals surface area contributed by atoms with Crippen molar-refractivity contribution in [3.63, 3.8) is 0 Å². The van der Waals surface area contributed by atoms with Crippen LogP contribution in [0.25, 0.3) is 0 Å². The molecule has 1 aromatic carbocycles. The summed E-state index contributed by atoms with van der Waals surface area (Å²) in [5.41, 5.74) is -0.129. The second-order valence-corrected chi connectivity index (χ2v) is 8.25. The quantitative estimate of drug-likeness (QED) is 0.876. The van der Waals surface area contributed by atoms with Crippen LogP contribution in [-0.4, -0.2) is 21.3 Å². The minimum absolute atomic E-state index is 0.00923. The van der Waals surface area contributed by atoms with E-state index in [0.29, 0.717) is 11.3 Å². The second kappa shape index (κ2) is 6.70. The van der Waals surface area contributed by atoms with Crippen LogP contribution in [0.5, 0.6) is 5.75 Å². The van der Waals surface area contributed by atoms with Gasteiger partial charge in [-0.25, -0.2) is 8.78 Å². The van der Waals surface area contributed by atoms with Crippen LogP contribution in [0, 0.1) is 11.6 Å². The number of benzene rings is 1. The van der Waals surface area contributed by atoms with Crippen molar-refractivity contribution in [2.24, 2.45) is 7.05 Å². The van der Waals surface area contributed by atoms with E-state index in [-0.39, 0.29) is 11.1 Å². The van der Waals surface area contributed by atoms with Crippen LogP contribution < -0.4 is 10.1 Å². The average molecular weight is 365 g/mol. The van der Waals surface area contributed by atoms with Gasteiger partial charge in [-0.1, -0.05) is 20.8 Å². The van der Waals surface area contributed by atoms with E-state index in [4.69, 9.17) is 4.74 Å². The molecule has 0 fully saturated rings. The van der Waals surface area contributed by atoms with Crippen molar-refractivity contribution in [2.45, 2.75) is 52.6 Å². The first-order valence-corrected chi connectivity index (χ1v) is 8.31. The van der Waals surface area contributed by atoms with Crippen LogP contribution >= 0.6 is 0 Å². The predicted molar refractivity (Wildman–Crippen MR) is 96.6 cm³/mol. The molecule has 0 bridgehead atoms. The van der Waals surface area contributed by atoms with E-state index < -0.39 is 28.9 Å². The molecule has 142 valence electrons. The molecule has 0 saturated heterocycles. The van der Waals surface area contributed by atoms with Crippen LogP contribution in [0.4, 0.5) is 14.5 Å². The summed E-state index contributed by atoms with van der Waals surface area (Å²) in [4.78, 5) is 12.6. The lowest BCUT2D eigenvalue weighted by atomic mass is 9.89. The summed E-state index contributed by atoms with van der Waals surface area (Å²) in [6.07, 6.45) is 1.58. The Morgan fingerprint density at radius 2 is 1.65 bits per heavy atom. The fourth-order valence-corrected chi connectivity index (χ4v) is 2.44. The fourth-order valence-electron chi connectivity index (χ4n) is 2.44. The maximum Gasteiger partial charge on any atom is 0.259 e. The number of nitrogens with zero attached hydrogens (tertiary/aromatic N) is 2. The van der Waals surface area contributed by atoms with Crippen molar-refractivity contribution in [1.82, 2.24) is 9.78 Å². The standard InChI is InChI=1S/C19H25F2N3O2/c1-18(2,3)16-12(10-24(7)23-16)17(25)22-11-8-13(20)15(14(21)9-11)26-19(4,5)6/h8-10H,1-7H3,(H,22,25). The van der Waals surface area contributed by atoms with Gasteiger partial charge < -0.3 is 10.1 Å². The zero-order valence-corrected chi connectivity index (χ0v) is 16.2. The molecule has 1 N–H and O–H groups in total. The molecule has 7 heteroatoms. The zero-order valence-electron chi connectivity index (χ0n) is 16.2. The van der Waals surface area contributed by atoms with Crippen molar-refractivity contribution < 1.29 is 18.3 Å². The molecule has 1 heterocycles. The molecule has 2 rings (SSSR count). The molecule has 5 nitrogen and oxygen atoms in total. The first-order valence-electron chi connectivity index (χ1n) is 8.31. The highest BCUT2D eigenvalue weighted by Crippen LogP contribution is 2.30. The third-order valence-electron chi connectivity index (χ3n) is 3.45. The van der Waals surface area contributed by atoms with Crippen molar-refractivity contribution in [2.75, 3.05) is 5.32 Å². The number of ether oxygens (including phenoxy) is 1. The Kier molecular flexibility index (Phi) is 5.12. The predicted octanol–water partition coefficient (Wildman–Crippen LogP) is 4.43. The van der Waals surface area contributed by atoms with Crippen molar-refractivity contribution in [3.8, 4) is 5.75 Å². The summed E-state index contributed by atoms with van der Waals surface area (Å²) in [5.74, 6) is -2.70. The number of hydrogen-bond donors (Lipinski definition) is 1. The van der Waals surface area contributed by atoms with Gasteiger partial charge in [-0.15, -0.1) is 0 Å². The van der Waals surface area contributed by atoms with Crippen LogP contribution in [-0.2, 0) is 12.5 Å². The summed E-state index contributed by atoms with van der Waals surface area (Å²) >= 11 is 0. The number of halogens is 2. The monoisotopic (exact) mass is 365 g/mol. The highest BCUT2D eigenvalue weighted by molar-refractivity contribution is 6.05. The van der Waals surface area contributed by atoms with Crippen molar-refractivity contribution in [3.05, 3.63) is 41.2 Å². The van der Waals surface area contributed by atoms with Gasteiger partial charge >= 0.3 is 0 Å². The molecule has 0 radical (unpaired) electrons. The summed E-state index contributed by atoms with van der Waals surface area (Å²) in [6, 6.07) is 2.07. The summed E-state index contributed by atoms with van der Waals surface area (Å²) in [5, 5.41) is 6.85. The van der Waals surface area contributed by atoms with Crippen LogP contribution in [0.15, 0.2) is 18.3 Å². The molecular formula is C19H25F2N3O2. The molecule has 0 aliphatic heterocycles.